The molecule has 1 aromatic rings. The zero-order chi connectivity index (χ0) is 12.1. The number of hydrogen-bond donors (Lipinski definition) is 0. The second kappa shape index (κ2) is 5.32. The second-order valence-electron chi connectivity index (χ2n) is 3.05. The van der Waals surface area contributed by atoms with Crippen molar-refractivity contribution < 1.29 is 19.8 Å². The van der Waals surface area contributed by atoms with E-state index in [-0.39, 0.29) is 5.57 Å². The molecule has 0 fully saturated rings. The maximum absolute atomic E-state index is 10.5. The van der Waals surface area contributed by atoms with E-state index in [0.29, 0.717) is 10.6 Å². The quantitative estimate of drug-likeness (QED) is 0.670. The maximum Gasteiger partial charge on any atom is 0.0645 e. The Morgan fingerprint density at radius 1 is 1.31 bits per heavy atom. The molecular formula is C11H7ClO4-2. The van der Waals surface area contributed by atoms with Gasteiger partial charge in [-0.05, 0) is 29.3 Å². The highest BCUT2D eigenvalue weighted by Crippen LogP contribution is 2.21. The zero-order valence-corrected chi connectivity index (χ0v) is 8.86. The SMILES string of the molecule is O=C([O-])/C=C(\CC(=O)[O-])c1cccc(Cl)c1. The Labute approximate surface area is 96.8 Å². The summed E-state index contributed by atoms with van der Waals surface area (Å²) in [5, 5.41) is 21.3. The second-order valence-corrected chi connectivity index (χ2v) is 3.48. The lowest BCUT2D eigenvalue weighted by molar-refractivity contribution is -0.304. The molecular weight excluding hydrogens is 232 g/mol. The molecule has 84 valence electrons. The van der Waals surface area contributed by atoms with Crippen molar-refractivity contribution >= 4 is 29.1 Å². The van der Waals surface area contributed by atoms with E-state index >= 15 is 0 Å². The molecule has 0 N–H and O–H groups in total. The van der Waals surface area contributed by atoms with Crippen LogP contribution in [0.25, 0.3) is 5.57 Å². The third-order valence-corrected chi connectivity index (χ3v) is 2.06. The molecule has 0 aliphatic carbocycles. The summed E-state index contributed by atoms with van der Waals surface area (Å²) in [5.41, 5.74) is 0.503. The Hall–Kier alpha value is -1.81. The van der Waals surface area contributed by atoms with Crippen LogP contribution in [0.1, 0.15) is 12.0 Å². The average Bonchev–Trinajstić information content (AvgIpc) is 2.15. The minimum Gasteiger partial charge on any atom is -0.550 e. The van der Waals surface area contributed by atoms with Gasteiger partial charge in [0.2, 0.25) is 0 Å². The van der Waals surface area contributed by atoms with Crippen LogP contribution in [0.15, 0.2) is 30.3 Å². The number of carboxylic acids is 2. The number of benzene rings is 1. The topological polar surface area (TPSA) is 80.3 Å². The Morgan fingerprint density at radius 3 is 2.50 bits per heavy atom. The summed E-state index contributed by atoms with van der Waals surface area (Å²) in [5.74, 6) is -2.83. The van der Waals surface area contributed by atoms with E-state index in [4.69, 9.17) is 11.6 Å². The number of carbonyl (C=O) groups excluding carboxylic acids is 2. The molecule has 16 heavy (non-hydrogen) atoms. The molecule has 0 aromatic heterocycles. The van der Waals surface area contributed by atoms with E-state index in [1.54, 1.807) is 18.2 Å². The summed E-state index contributed by atoms with van der Waals surface area (Å²) in [7, 11) is 0. The van der Waals surface area contributed by atoms with Gasteiger partial charge in [-0.15, -0.1) is 0 Å². The molecule has 0 saturated heterocycles. The first-order valence-corrected chi connectivity index (χ1v) is 4.74. The maximum atomic E-state index is 10.5. The van der Waals surface area contributed by atoms with Crippen molar-refractivity contribution in [1.29, 1.82) is 0 Å². The average molecular weight is 239 g/mol. The van der Waals surface area contributed by atoms with Gasteiger partial charge in [0.1, 0.15) is 0 Å². The molecule has 0 aliphatic rings. The fraction of sp³-hybridized carbons (Fsp3) is 0.0909. The van der Waals surface area contributed by atoms with Crippen LogP contribution in [-0.2, 0) is 9.59 Å². The van der Waals surface area contributed by atoms with Crippen LogP contribution in [0.4, 0.5) is 0 Å². The lowest BCUT2D eigenvalue weighted by Gasteiger charge is -2.09. The number of aliphatic carboxylic acids is 2. The summed E-state index contributed by atoms with van der Waals surface area (Å²) < 4.78 is 0. The van der Waals surface area contributed by atoms with E-state index in [1.165, 1.54) is 6.07 Å². The minimum absolute atomic E-state index is 0.0856. The Bertz CT molecular complexity index is 451. The Balaban J connectivity index is 3.11. The van der Waals surface area contributed by atoms with E-state index in [2.05, 4.69) is 0 Å². The molecule has 1 rings (SSSR count). The number of halogens is 1. The first kappa shape index (κ1) is 12.3. The van der Waals surface area contributed by atoms with Gasteiger partial charge in [0.25, 0.3) is 0 Å². The lowest BCUT2D eigenvalue weighted by atomic mass is 10.0. The zero-order valence-electron chi connectivity index (χ0n) is 8.10. The highest BCUT2D eigenvalue weighted by atomic mass is 35.5. The summed E-state index contributed by atoms with van der Waals surface area (Å²) in [6.07, 6.45) is 0.218. The molecule has 0 radical (unpaired) electrons. The summed E-state index contributed by atoms with van der Waals surface area (Å²) in [6.45, 7) is 0. The van der Waals surface area contributed by atoms with Gasteiger partial charge >= 0.3 is 0 Å². The van der Waals surface area contributed by atoms with Gasteiger partial charge in [0.05, 0.1) is 5.97 Å². The van der Waals surface area contributed by atoms with Gasteiger partial charge in [0, 0.05) is 17.4 Å². The van der Waals surface area contributed by atoms with Crippen LogP contribution in [0, 0.1) is 0 Å². The standard InChI is InChI=1S/C11H9ClO4/c12-9-3-1-2-7(4-9)8(5-10(13)14)6-11(15)16/h1-5H,6H2,(H,13,14)(H,15,16)/p-2/b8-5+. The van der Waals surface area contributed by atoms with Gasteiger partial charge in [-0.1, -0.05) is 23.7 Å². The van der Waals surface area contributed by atoms with Gasteiger partial charge in [-0.2, -0.15) is 0 Å². The lowest BCUT2D eigenvalue weighted by Crippen LogP contribution is -2.24. The van der Waals surface area contributed by atoms with E-state index in [1.807, 2.05) is 0 Å². The number of rotatable bonds is 4. The first-order chi connectivity index (χ1) is 7.49. The predicted molar refractivity (Wildman–Crippen MR) is 54.1 cm³/mol. The molecule has 0 amide bonds. The molecule has 5 heteroatoms. The molecule has 0 aliphatic heterocycles. The van der Waals surface area contributed by atoms with Crippen molar-refractivity contribution in [3.63, 3.8) is 0 Å². The predicted octanol–water partition coefficient (Wildman–Crippen LogP) is -0.387. The molecule has 0 atom stereocenters. The largest absolute Gasteiger partial charge is 0.550 e. The highest BCUT2D eigenvalue weighted by Gasteiger charge is 2.03. The minimum atomic E-state index is -1.46. The first-order valence-electron chi connectivity index (χ1n) is 4.36. The van der Waals surface area contributed by atoms with Crippen molar-refractivity contribution in [3.05, 3.63) is 40.9 Å². The van der Waals surface area contributed by atoms with Crippen molar-refractivity contribution in [3.8, 4) is 0 Å². The smallest absolute Gasteiger partial charge is 0.0645 e. The molecule has 0 heterocycles. The Morgan fingerprint density at radius 2 is 2.00 bits per heavy atom. The van der Waals surface area contributed by atoms with Crippen molar-refractivity contribution in [1.82, 2.24) is 0 Å². The highest BCUT2D eigenvalue weighted by molar-refractivity contribution is 6.30. The molecule has 4 nitrogen and oxygen atoms in total. The molecule has 0 saturated carbocycles. The van der Waals surface area contributed by atoms with Crippen LogP contribution in [0.3, 0.4) is 0 Å². The summed E-state index contributed by atoms with van der Waals surface area (Å²) in [4.78, 5) is 20.9. The van der Waals surface area contributed by atoms with Crippen LogP contribution in [0.2, 0.25) is 5.02 Å². The van der Waals surface area contributed by atoms with Crippen molar-refractivity contribution in [2.45, 2.75) is 6.42 Å². The fourth-order valence-corrected chi connectivity index (χ4v) is 1.41. The number of carboxylic acid groups (broad SMARTS) is 2. The van der Waals surface area contributed by atoms with E-state index in [9.17, 15) is 19.8 Å². The summed E-state index contributed by atoms with van der Waals surface area (Å²) in [6, 6.07) is 6.22. The van der Waals surface area contributed by atoms with Gasteiger partial charge in [0.15, 0.2) is 0 Å². The summed E-state index contributed by atoms with van der Waals surface area (Å²) >= 11 is 5.71. The normalized spacial score (nSPS) is 11.2. The van der Waals surface area contributed by atoms with Crippen molar-refractivity contribution in [2.24, 2.45) is 0 Å². The number of hydrogen-bond acceptors (Lipinski definition) is 4. The van der Waals surface area contributed by atoms with Crippen LogP contribution < -0.4 is 10.2 Å². The van der Waals surface area contributed by atoms with Gasteiger partial charge in [-0.25, -0.2) is 0 Å². The molecule has 0 spiro atoms. The van der Waals surface area contributed by atoms with Gasteiger partial charge < -0.3 is 19.8 Å². The van der Waals surface area contributed by atoms with E-state index in [0.717, 1.165) is 6.08 Å². The fourth-order valence-electron chi connectivity index (χ4n) is 1.22. The number of carbonyl (C=O) groups is 2. The molecule has 0 bridgehead atoms. The monoisotopic (exact) mass is 238 g/mol. The molecule has 0 unspecified atom stereocenters. The van der Waals surface area contributed by atoms with Crippen LogP contribution in [0.5, 0.6) is 0 Å². The Kier molecular flexibility index (Phi) is 4.08. The molecule has 1 aromatic carbocycles. The van der Waals surface area contributed by atoms with Crippen molar-refractivity contribution in [2.75, 3.05) is 0 Å². The van der Waals surface area contributed by atoms with Crippen LogP contribution in [-0.4, -0.2) is 11.9 Å². The third kappa shape index (κ3) is 3.74. The van der Waals surface area contributed by atoms with E-state index < -0.39 is 18.4 Å². The van der Waals surface area contributed by atoms with Gasteiger partial charge in [-0.3, -0.25) is 0 Å². The third-order valence-electron chi connectivity index (χ3n) is 1.82. The van der Waals surface area contributed by atoms with Crippen LogP contribution >= 0.6 is 11.6 Å².